The third kappa shape index (κ3) is 2.86. The molecule has 4 aromatic rings. The van der Waals surface area contributed by atoms with Crippen LogP contribution < -0.4 is 16.2 Å². The van der Waals surface area contributed by atoms with Gasteiger partial charge in [0, 0.05) is 31.9 Å². The lowest BCUT2D eigenvalue weighted by Gasteiger charge is -2.34. The van der Waals surface area contributed by atoms with E-state index in [-0.39, 0.29) is 33.7 Å². The molecule has 1 fully saturated rings. The molecule has 0 radical (unpaired) electrons. The quantitative estimate of drug-likeness (QED) is 0.405. The fraction of sp³-hybridized carbons (Fsp3) is 0.238. The van der Waals surface area contributed by atoms with Crippen LogP contribution >= 0.6 is 0 Å². The van der Waals surface area contributed by atoms with E-state index in [1.54, 1.807) is 0 Å². The van der Waals surface area contributed by atoms with E-state index in [4.69, 9.17) is 5.73 Å². The molecule has 8 nitrogen and oxygen atoms in total. The van der Waals surface area contributed by atoms with Crippen molar-refractivity contribution in [2.24, 2.45) is 0 Å². The van der Waals surface area contributed by atoms with Gasteiger partial charge in [-0.1, -0.05) is 0 Å². The van der Waals surface area contributed by atoms with Gasteiger partial charge in [-0.2, -0.15) is 0 Å². The number of phenolic OH excluding ortho intramolecular Hbond substituents is 1. The molecule has 2 aromatic carbocycles. The summed E-state index contributed by atoms with van der Waals surface area (Å²) in [5.41, 5.74) is 8.06. The molecule has 0 spiro atoms. The molecular formula is C21H21FN6O2. The fourth-order valence-electron chi connectivity index (χ4n) is 3.99. The van der Waals surface area contributed by atoms with Crippen molar-refractivity contribution in [3.05, 3.63) is 46.5 Å². The van der Waals surface area contributed by atoms with Crippen molar-refractivity contribution >= 4 is 33.3 Å². The van der Waals surface area contributed by atoms with Crippen LogP contribution in [0.15, 0.2) is 35.1 Å². The van der Waals surface area contributed by atoms with Crippen LogP contribution in [0.3, 0.4) is 0 Å². The van der Waals surface area contributed by atoms with E-state index >= 15 is 0 Å². The Morgan fingerprint density at radius 2 is 1.90 bits per heavy atom. The fourth-order valence-corrected chi connectivity index (χ4v) is 3.99. The molecular weight excluding hydrogens is 387 g/mol. The molecule has 9 heteroatoms. The highest BCUT2D eigenvalue weighted by Crippen LogP contribution is 2.34. The predicted molar refractivity (Wildman–Crippen MR) is 115 cm³/mol. The van der Waals surface area contributed by atoms with E-state index < -0.39 is 11.4 Å². The molecule has 5 N–H and O–H groups in total. The van der Waals surface area contributed by atoms with Gasteiger partial charge in [0.05, 0.1) is 27.6 Å². The van der Waals surface area contributed by atoms with Crippen LogP contribution in [0.4, 0.5) is 15.8 Å². The number of hydrogen-bond donors (Lipinski definition) is 4. The maximum Gasteiger partial charge on any atom is 0.261 e. The Hall–Kier alpha value is -3.59. The number of aromatic hydroxyl groups is 1. The number of phenols is 1. The molecule has 0 atom stereocenters. The Morgan fingerprint density at radius 3 is 2.67 bits per heavy atom. The van der Waals surface area contributed by atoms with Crippen molar-refractivity contribution in [1.82, 2.24) is 19.9 Å². The Morgan fingerprint density at radius 1 is 1.13 bits per heavy atom. The Labute approximate surface area is 170 Å². The molecule has 0 bridgehead atoms. The van der Waals surface area contributed by atoms with Crippen molar-refractivity contribution in [2.75, 3.05) is 43.9 Å². The van der Waals surface area contributed by atoms with Gasteiger partial charge in [-0.15, -0.1) is 0 Å². The molecule has 1 aliphatic rings. The number of anilines is 2. The predicted octanol–water partition coefficient (Wildman–Crippen LogP) is 2.25. The van der Waals surface area contributed by atoms with Gasteiger partial charge >= 0.3 is 0 Å². The first-order chi connectivity index (χ1) is 14.4. The number of piperazine rings is 1. The third-order valence-electron chi connectivity index (χ3n) is 5.71. The summed E-state index contributed by atoms with van der Waals surface area (Å²) >= 11 is 0. The van der Waals surface area contributed by atoms with Crippen molar-refractivity contribution in [3.8, 4) is 17.1 Å². The van der Waals surface area contributed by atoms with Crippen LogP contribution in [-0.4, -0.2) is 58.2 Å². The summed E-state index contributed by atoms with van der Waals surface area (Å²) in [6.07, 6.45) is 0. The van der Waals surface area contributed by atoms with Crippen LogP contribution in [0.25, 0.3) is 33.3 Å². The summed E-state index contributed by atoms with van der Waals surface area (Å²) in [5, 5.41) is 9.93. The highest BCUT2D eigenvalue weighted by molar-refractivity contribution is 6.00. The Balaban J connectivity index is 1.62. The lowest BCUT2D eigenvalue weighted by atomic mass is 10.1. The Kier molecular flexibility index (Phi) is 4.14. The van der Waals surface area contributed by atoms with E-state index in [9.17, 15) is 14.3 Å². The van der Waals surface area contributed by atoms with Gasteiger partial charge in [0.15, 0.2) is 0 Å². The number of nitrogens with one attached hydrogen (secondary N) is 2. The normalized spacial score (nSPS) is 15.3. The van der Waals surface area contributed by atoms with Gasteiger partial charge < -0.3 is 30.6 Å². The number of imidazole rings is 1. The first-order valence-corrected chi connectivity index (χ1v) is 9.69. The minimum atomic E-state index is -0.633. The molecule has 0 amide bonds. The summed E-state index contributed by atoms with van der Waals surface area (Å²) < 4.78 is 14.4. The highest BCUT2D eigenvalue weighted by atomic mass is 19.1. The van der Waals surface area contributed by atoms with Crippen molar-refractivity contribution in [2.45, 2.75) is 0 Å². The van der Waals surface area contributed by atoms with E-state index in [0.29, 0.717) is 5.52 Å². The first kappa shape index (κ1) is 18.4. The number of nitrogens with zero attached hydrogens (tertiary/aromatic N) is 3. The monoisotopic (exact) mass is 408 g/mol. The smallest absolute Gasteiger partial charge is 0.261 e. The zero-order chi connectivity index (χ0) is 21.0. The largest absolute Gasteiger partial charge is 0.506 e. The molecule has 0 unspecified atom stereocenters. The van der Waals surface area contributed by atoms with Gasteiger partial charge in [-0.3, -0.25) is 4.79 Å². The second kappa shape index (κ2) is 6.74. The number of rotatable bonds is 2. The molecule has 1 saturated heterocycles. The lowest BCUT2D eigenvalue weighted by molar-refractivity contribution is 0.313. The second-order valence-corrected chi connectivity index (χ2v) is 7.64. The summed E-state index contributed by atoms with van der Waals surface area (Å²) in [4.78, 5) is 27.4. The van der Waals surface area contributed by atoms with Crippen molar-refractivity contribution in [3.63, 3.8) is 0 Å². The van der Waals surface area contributed by atoms with Gasteiger partial charge in [-0.25, -0.2) is 9.37 Å². The van der Waals surface area contributed by atoms with Crippen LogP contribution in [-0.2, 0) is 0 Å². The minimum absolute atomic E-state index is 0.0327. The number of likely N-dealkylation sites (N-methyl/N-ethyl adjacent to an activating group) is 1. The molecule has 5 rings (SSSR count). The number of fused-ring (bicyclic) bond motifs is 2. The van der Waals surface area contributed by atoms with Crippen LogP contribution in [0.5, 0.6) is 5.75 Å². The molecule has 0 aliphatic carbocycles. The first-order valence-electron chi connectivity index (χ1n) is 9.69. The molecule has 0 saturated carbocycles. The van der Waals surface area contributed by atoms with E-state index in [0.717, 1.165) is 43.4 Å². The number of aromatic nitrogens is 3. The lowest BCUT2D eigenvalue weighted by Crippen LogP contribution is -2.44. The van der Waals surface area contributed by atoms with E-state index in [1.165, 1.54) is 6.07 Å². The van der Waals surface area contributed by atoms with Gasteiger partial charge in [0.2, 0.25) is 0 Å². The number of H-pyrrole nitrogens is 2. The number of aromatic amines is 2. The molecule has 3 heterocycles. The average Bonchev–Trinajstić information content (AvgIpc) is 3.13. The maximum absolute atomic E-state index is 14.4. The second-order valence-electron chi connectivity index (χ2n) is 7.64. The summed E-state index contributed by atoms with van der Waals surface area (Å²) in [7, 11) is 2.11. The number of hydrogen-bond acceptors (Lipinski definition) is 6. The van der Waals surface area contributed by atoms with E-state index in [1.807, 2.05) is 18.2 Å². The van der Waals surface area contributed by atoms with Crippen molar-refractivity contribution in [1.29, 1.82) is 0 Å². The SMILES string of the molecule is CN1CCN(c2ccc3nc(-c4c(N)c5c(F)ccc(O)c5[nH]c4=O)[nH]c3c2)CC1. The summed E-state index contributed by atoms with van der Waals surface area (Å²) in [6.45, 7) is 3.85. The van der Waals surface area contributed by atoms with Crippen LogP contribution in [0.2, 0.25) is 0 Å². The number of nitrogens with two attached hydrogens (primary N) is 1. The van der Waals surface area contributed by atoms with Crippen molar-refractivity contribution < 1.29 is 9.50 Å². The topological polar surface area (TPSA) is 114 Å². The molecule has 154 valence electrons. The maximum atomic E-state index is 14.4. The third-order valence-corrected chi connectivity index (χ3v) is 5.71. The molecule has 2 aromatic heterocycles. The number of halogens is 1. The average molecular weight is 408 g/mol. The molecule has 1 aliphatic heterocycles. The van der Waals surface area contributed by atoms with Gasteiger partial charge in [0.1, 0.15) is 23.0 Å². The zero-order valence-corrected chi connectivity index (χ0v) is 16.4. The standard InChI is InChI=1S/C21H21FN6O2/c1-27-6-8-28(9-7-27)11-2-4-13-14(10-11)25-20(24-13)17-18(23)16-12(22)3-5-15(29)19(16)26-21(17)30/h2-5,10,29H,6-9H2,1H3,(H,24,25)(H3,23,26,30). The summed E-state index contributed by atoms with van der Waals surface area (Å²) in [6, 6.07) is 8.17. The van der Waals surface area contributed by atoms with Crippen LogP contribution in [0.1, 0.15) is 0 Å². The summed E-state index contributed by atoms with van der Waals surface area (Å²) in [5.74, 6) is -0.627. The van der Waals surface area contributed by atoms with Gasteiger partial charge in [0.25, 0.3) is 5.56 Å². The zero-order valence-electron chi connectivity index (χ0n) is 16.4. The minimum Gasteiger partial charge on any atom is -0.506 e. The highest BCUT2D eigenvalue weighted by Gasteiger charge is 2.20. The van der Waals surface area contributed by atoms with E-state index in [2.05, 4.69) is 31.8 Å². The number of nitrogen functional groups attached to an aromatic ring is 1. The van der Waals surface area contributed by atoms with Gasteiger partial charge in [-0.05, 0) is 37.4 Å². The molecule has 30 heavy (non-hydrogen) atoms. The van der Waals surface area contributed by atoms with Crippen LogP contribution in [0, 0.1) is 5.82 Å². The Bertz CT molecular complexity index is 1340. The number of pyridine rings is 1. The number of benzene rings is 2.